The van der Waals surface area contributed by atoms with E-state index in [0.717, 1.165) is 37.3 Å². The van der Waals surface area contributed by atoms with Crippen LogP contribution in [0.1, 0.15) is 24.7 Å². The lowest BCUT2D eigenvalue weighted by molar-refractivity contribution is 0.337. The van der Waals surface area contributed by atoms with Crippen LogP contribution in [0.2, 0.25) is 0 Å². The molecule has 2 aromatic carbocycles. The first kappa shape index (κ1) is 22.3. The molecule has 1 aromatic heterocycles. The number of hydrogen-bond donors (Lipinski definition) is 0. The van der Waals surface area contributed by atoms with Crippen molar-refractivity contribution in [1.82, 2.24) is 24.2 Å². The fourth-order valence-electron chi connectivity index (χ4n) is 3.64. The van der Waals surface area contributed by atoms with Gasteiger partial charge in [0.1, 0.15) is 5.69 Å². The number of halogens is 2. The zero-order valence-electron chi connectivity index (χ0n) is 17.2. The summed E-state index contributed by atoms with van der Waals surface area (Å²) >= 11 is 8.95. The molecule has 0 bridgehead atoms. The van der Waals surface area contributed by atoms with Crippen molar-refractivity contribution in [3.63, 3.8) is 0 Å². The molecule has 0 aliphatic carbocycles. The van der Waals surface area contributed by atoms with E-state index in [1.807, 2.05) is 54.3 Å². The Labute approximate surface area is 203 Å². The highest BCUT2D eigenvalue weighted by Gasteiger charge is 2.34. The maximum Gasteiger partial charge on any atom is 0.179 e. The van der Waals surface area contributed by atoms with Crippen molar-refractivity contribution in [1.29, 1.82) is 5.26 Å². The number of para-hydroxylation sites is 1. The van der Waals surface area contributed by atoms with Crippen LogP contribution in [0.5, 0.6) is 0 Å². The average Bonchev–Trinajstić information content (AvgIpc) is 3.33. The van der Waals surface area contributed by atoms with Gasteiger partial charge in [0.25, 0.3) is 0 Å². The molecule has 6 nitrogen and oxygen atoms in total. The summed E-state index contributed by atoms with van der Waals surface area (Å²) in [6, 6.07) is 16.6. The van der Waals surface area contributed by atoms with E-state index in [4.69, 9.17) is 5.10 Å². The molecule has 0 saturated carbocycles. The van der Waals surface area contributed by atoms with Gasteiger partial charge in [-0.05, 0) is 78.5 Å². The zero-order valence-corrected chi connectivity index (χ0v) is 21.2. The predicted octanol–water partition coefficient (Wildman–Crippen LogP) is 5.55. The van der Waals surface area contributed by atoms with Gasteiger partial charge in [0.05, 0.1) is 17.9 Å². The maximum absolute atomic E-state index is 9.48. The average molecular weight is 562 g/mol. The second kappa shape index (κ2) is 9.74. The van der Waals surface area contributed by atoms with E-state index in [1.54, 1.807) is 16.7 Å². The summed E-state index contributed by atoms with van der Waals surface area (Å²) in [5.74, 6) is 0. The number of hydrogen-bond acceptors (Lipinski definition) is 6. The van der Waals surface area contributed by atoms with Crippen LogP contribution < -0.4 is 0 Å². The van der Waals surface area contributed by atoms with Crippen LogP contribution in [-0.2, 0) is 6.54 Å². The van der Waals surface area contributed by atoms with Crippen molar-refractivity contribution in [3.05, 3.63) is 68.9 Å². The summed E-state index contributed by atoms with van der Waals surface area (Å²) in [6.45, 7) is 5.46. The van der Waals surface area contributed by atoms with E-state index in [0.29, 0.717) is 13.1 Å². The minimum atomic E-state index is 0.227. The largest absolute Gasteiger partial charge is 0.306 e. The molecule has 3 aromatic rings. The lowest BCUT2D eigenvalue weighted by Crippen LogP contribution is -2.31. The summed E-state index contributed by atoms with van der Waals surface area (Å²) in [5.41, 5.74) is 2.78. The van der Waals surface area contributed by atoms with Crippen LogP contribution in [0.3, 0.4) is 0 Å². The molecule has 1 aliphatic rings. The Hall–Kier alpha value is -1.86. The molecule has 2 atom stereocenters. The molecular formula is C22H22Br2N6S. The summed E-state index contributed by atoms with van der Waals surface area (Å²) < 4.78 is 4.41. The molecule has 1 saturated heterocycles. The predicted molar refractivity (Wildman–Crippen MR) is 130 cm³/mol. The van der Waals surface area contributed by atoms with Gasteiger partial charge in [0, 0.05) is 32.5 Å². The highest BCUT2D eigenvalue weighted by atomic mass is 79.9. The number of aryl methyl sites for hydroxylation is 1. The Morgan fingerprint density at radius 1 is 1.19 bits per heavy atom. The number of nitrogens with zero attached hydrogens (tertiary/aromatic N) is 6. The van der Waals surface area contributed by atoms with Crippen LogP contribution in [0, 0.1) is 18.4 Å². The van der Waals surface area contributed by atoms with Crippen molar-refractivity contribution in [2.75, 3.05) is 6.54 Å². The first-order chi connectivity index (χ1) is 14.9. The minimum absolute atomic E-state index is 0.227. The molecule has 1 unspecified atom stereocenters. The number of rotatable bonds is 6. The van der Waals surface area contributed by atoms with E-state index in [-0.39, 0.29) is 12.1 Å². The summed E-state index contributed by atoms with van der Waals surface area (Å²) in [4.78, 5) is 4.68. The van der Waals surface area contributed by atoms with Crippen LogP contribution in [0.25, 0.3) is 5.69 Å². The van der Waals surface area contributed by atoms with Gasteiger partial charge in [0.15, 0.2) is 6.19 Å². The fraction of sp³-hybridized carbons (Fsp3) is 0.318. The van der Waals surface area contributed by atoms with Gasteiger partial charge in [-0.3, -0.25) is 0 Å². The van der Waals surface area contributed by atoms with Crippen LogP contribution in [0.15, 0.2) is 62.4 Å². The highest BCUT2D eigenvalue weighted by molar-refractivity contribution is 9.11. The van der Waals surface area contributed by atoms with Crippen molar-refractivity contribution in [3.8, 4) is 11.9 Å². The van der Waals surface area contributed by atoms with Crippen LogP contribution in [-0.4, -0.2) is 42.8 Å². The molecule has 1 aliphatic heterocycles. The third-order valence-corrected chi connectivity index (χ3v) is 8.01. The van der Waals surface area contributed by atoms with Crippen LogP contribution >= 0.6 is 43.8 Å². The van der Waals surface area contributed by atoms with E-state index in [2.05, 4.69) is 60.4 Å². The highest BCUT2D eigenvalue weighted by Crippen LogP contribution is 2.37. The maximum atomic E-state index is 9.48. The molecule has 0 amide bonds. The molecule has 4 rings (SSSR count). The quantitative estimate of drug-likeness (QED) is 0.290. The van der Waals surface area contributed by atoms with E-state index < -0.39 is 0 Å². The third kappa shape index (κ3) is 5.14. The second-order valence-electron chi connectivity index (χ2n) is 7.59. The zero-order chi connectivity index (χ0) is 22.0. The number of nitriles is 1. The lowest BCUT2D eigenvalue weighted by atomic mass is 10.2. The monoisotopic (exact) mass is 560 g/mol. The summed E-state index contributed by atoms with van der Waals surface area (Å²) in [7, 11) is 0. The fourth-order valence-corrected chi connectivity index (χ4v) is 5.69. The van der Waals surface area contributed by atoms with Gasteiger partial charge in [-0.1, -0.05) is 34.1 Å². The molecule has 1 fully saturated rings. The van der Waals surface area contributed by atoms with Gasteiger partial charge >= 0.3 is 0 Å². The Kier molecular flexibility index (Phi) is 7.02. The summed E-state index contributed by atoms with van der Waals surface area (Å²) in [5, 5.41) is 18.9. The topological polar surface area (TPSA) is 61.0 Å². The Morgan fingerprint density at radius 2 is 1.97 bits per heavy atom. The molecule has 0 spiro atoms. The van der Waals surface area contributed by atoms with Gasteiger partial charge in [-0.25, -0.2) is 4.31 Å². The SMILES string of the molecule is Cc1nn(-c2ccccc2)nc1CN(Sc1cc(Br)ccc1Br)C1C[C@H](C)N(C#N)C1. The van der Waals surface area contributed by atoms with Crippen molar-refractivity contribution >= 4 is 43.8 Å². The molecule has 2 heterocycles. The van der Waals surface area contributed by atoms with Gasteiger partial charge in [0.2, 0.25) is 0 Å². The van der Waals surface area contributed by atoms with E-state index >= 15 is 0 Å². The first-order valence-corrected chi connectivity index (χ1v) is 12.3. The molecule has 0 radical (unpaired) electrons. The molecule has 0 N–H and O–H groups in total. The normalized spacial score (nSPS) is 18.5. The molecule has 9 heteroatoms. The van der Waals surface area contributed by atoms with Crippen molar-refractivity contribution in [2.45, 2.75) is 43.8 Å². The summed E-state index contributed by atoms with van der Waals surface area (Å²) in [6.07, 6.45) is 3.26. The van der Waals surface area contributed by atoms with Gasteiger partial charge in [-0.15, -0.1) is 0 Å². The van der Waals surface area contributed by atoms with E-state index in [1.165, 1.54) is 0 Å². The molecule has 31 heavy (non-hydrogen) atoms. The van der Waals surface area contributed by atoms with E-state index in [9.17, 15) is 5.26 Å². The minimum Gasteiger partial charge on any atom is -0.306 e. The Bertz CT molecular complexity index is 1100. The van der Waals surface area contributed by atoms with Gasteiger partial charge < -0.3 is 4.90 Å². The number of benzene rings is 2. The Balaban J connectivity index is 1.63. The Morgan fingerprint density at radius 3 is 2.68 bits per heavy atom. The van der Waals surface area contributed by atoms with Gasteiger partial charge in [-0.2, -0.15) is 20.3 Å². The van der Waals surface area contributed by atoms with Crippen molar-refractivity contribution in [2.24, 2.45) is 0 Å². The number of likely N-dealkylation sites (tertiary alicyclic amines) is 1. The molecular weight excluding hydrogens is 540 g/mol. The lowest BCUT2D eigenvalue weighted by Gasteiger charge is -2.27. The smallest absolute Gasteiger partial charge is 0.179 e. The molecule has 160 valence electrons. The first-order valence-electron chi connectivity index (χ1n) is 9.99. The second-order valence-corrected chi connectivity index (χ2v) is 10.5. The third-order valence-electron chi connectivity index (χ3n) is 5.37. The van der Waals surface area contributed by atoms with Crippen molar-refractivity contribution < 1.29 is 0 Å². The standard InChI is InChI=1S/C22H22Br2N6S/c1-15-10-19(12-28(15)14-25)29(31-22-11-17(23)8-9-20(22)24)13-21-16(2)26-30(27-21)18-6-4-3-5-7-18/h3-9,11,15,19H,10,12-13H2,1-2H3/t15-,19?/m0/s1. The van der Waals surface area contributed by atoms with Crippen LogP contribution in [0.4, 0.5) is 0 Å². The number of aromatic nitrogens is 3.